The molecule has 0 spiro atoms. The van der Waals surface area contributed by atoms with E-state index in [1.165, 1.54) is 0 Å². The maximum absolute atomic E-state index is 14.0. The van der Waals surface area contributed by atoms with Gasteiger partial charge in [-0.3, -0.25) is 4.90 Å². The van der Waals surface area contributed by atoms with Crippen molar-refractivity contribution in [1.82, 2.24) is 10.2 Å². The van der Waals surface area contributed by atoms with Gasteiger partial charge in [-0.15, -0.1) is 0 Å². The third kappa shape index (κ3) is 3.50. The van der Waals surface area contributed by atoms with Crippen LogP contribution >= 0.6 is 0 Å². The molecule has 1 aromatic carbocycles. The Morgan fingerprint density at radius 3 is 2.30 bits per heavy atom. The SMILES string of the molecule is OCCC[C@H](c1c(F)cc(F)cc1F)N1CCNCC1. The van der Waals surface area contributed by atoms with Crippen molar-refractivity contribution in [3.05, 3.63) is 35.1 Å². The van der Waals surface area contributed by atoms with Gasteiger partial charge in [0.25, 0.3) is 0 Å². The molecule has 0 aliphatic carbocycles. The Kier molecular flexibility index (Phi) is 5.39. The zero-order valence-corrected chi connectivity index (χ0v) is 11.2. The van der Waals surface area contributed by atoms with Gasteiger partial charge >= 0.3 is 0 Å². The highest BCUT2D eigenvalue weighted by Gasteiger charge is 2.27. The van der Waals surface area contributed by atoms with Crippen LogP contribution in [0, 0.1) is 17.5 Å². The number of nitrogens with one attached hydrogen (secondary N) is 1. The molecule has 0 amide bonds. The number of nitrogens with zero attached hydrogens (tertiary/aromatic N) is 1. The van der Waals surface area contributed by atoms with Gasteiger partial charge in [0.05, 0.1) is 0 Å². The molecule has 0 bridgehead atoms. The molecule has 20 heavy (non-hydrogen) atoms. The first-order chi connectivity index (χ1) is 9.63. The summed E-state index contributed by atoms with van der Waals surface area (Å²) in [6.07, 6.45) is 0.890. The van der Waals surface area contributed by atoms with E-state index >= 15 is 0 Å². The first-order valence-electron chi connectivity index (χ1n) is 6.83. The van der Waals surface area contributed by atoms with Crippen LogP contribution < -0.4 is 5.32 Å². The monoisotopic (exact) mass is 288 g/mol. The quantitative estimate of drug-likeness (QED) is 0.867. The number of benzene rings is 1. The topological polar surface area (TPSA) is 35.5 Å². The Bertz CT molecular complexity index is 427. The van der Waals surface area contributed by atoms with Crippen molar-refractivity contribution in [2.24, 2.45) is 0 Å². The lowest BCUT2D eigenvalue weighted by atomic mass is 9.98. The zero-order chi connectivity index (χ0) is 14.5. The van der Waals surface area contributed by atoms with Gasteiger partial charge in [-0.05, 0) is 12.8 Å². The summed E-state index contributed by atoms with van der Waals surface area (Å²) in [4.78, 5) is 1.98. The summed E-state index contributed by atoms with van der Waals surface area (Å²) in [5, 5.41) is 12.1. The maximum atomic E-state index is 14.0. The summed E-state index contributed by atoms with van der Waals surface area (Å²) in [7, 11) is 0. The minimum absolute atomic E-state index is 0.0347. The average Bonchev–Trinajstić information content (AvgIpc) is 2.42. The number of rotatable bonds is 5. The van der Waals surface area contributed by atoms with E-state index in [0.717, 1.165) is 13.1 Å². The Labute approximate surface area is 116 Å². The van der Waals surface area contributed by atoms with E-state index in [4.69, 9.17) is 5.11 Å². The average molecular weight is 288 g/mol. The van der Waals surface area contributed by atoms with Gasteiger partial charge < -0.3 is 10.4 Å². The van der Waals surface area contributed by atoms with E-state index in [1.807, 2.05) is 4.90 Å². The standard InChI is InChI=1S/C14H19F3N2O/c15-10-8-11(16)14(12(17)9-10)13(2-1-7-20)19-5-3-18-4-6-19/h8-9,13,18,20H,1-7H2/t13-/m1/s1. The predicted molar refractivity (Wildman–Crippen MR) is 69.8 cm³/mol. The molecule has 3 nitrogen and oxygen atoms in total. The summed E-state index contributed by atoms with van der Waals surface area (Å²) >= 11 is 0. The van der Waals surface area contributed by atoms with Crippen molar-refractivity contribution >= 4 is 0 Å². The summed E-state index contributed by atoms with van der Waals surface area (Å²) < 4.78 is 40.9. The fourth-order valence-corrected chi connectivity index (χ4v) is 2.66. The predicted octanol–water partition coefficient (Wildman–Crippen LogP) is 1.82. The fourth-order valence-electron chi connectivity index (χ4n) is 2.66. The van der Waals surface area contributed by atoms with E-state index in [1.54, 1.807) is 0 Å². The van der Waals surface area contributed by atoms with Crippen molar-refractivity contribution in [2.75, 3.05) is 32.8 Å². The molecule has 1 heterocycles. The molecule has 1 aliphatic rings. The van der Waals surface area contributed by atoms with Gasteiger partial charge in [0, 0.05) is 56.5 Å². The van der Waals surface area contributed by atoms with Gasteiger partial charge in [0.2, 0.25) is 0 Å². The number of halogens is 3. The van der Waals surface area contributed by atoms with Crippen LogP contribution in [0.25, 0.3) is 0 Å². The van der Waals surface area contributed by atoms with E-state index in [-0.39, 0.29) is 12.2 Å². The van der Waals surface area contributed by atoms with E-state index in [2.05, 4.69) is 5.32 Å². The van der Waals surface area contributed by atoms with Crippen LogP contribution in [-0.2, 0) is 0 Å². The lowest BCUT2D eigenvalue weighted by Crippen LogP contribution is -2.45. The molecule has 1 atom stereocenters. The molecule has 0 unspecified atom stereocenters. The van der Waals surface area contributed by atoms with Crippen molar-refractivity contribution in [3.8, 4) is 0 Å². The highest BCUT2D eigenvalue weighted by atomic mass is 19.1. The molecule has 1 saturated heterocycles. The summed E-state index contributed by atoms with van der Waals surface area (Å²) in [6.45, 7) is 2.81. The third-order valence-corrected chi connectivity index (χ3v) is 3.61. The van der Waals surface area contributed by atoms with E-state index in [9.17, 15) is 13.2 Å². The van der Waals surface area contributed by atoms with Crippen LogP contribution in [0.5, 0.6) is 0 Å². The molecule has 1 aromatic rings. The molecule has 112 valence electrons. The second-order valence-electron chi connectivity index (χ2n) is 4.95. The van der Waals surface area contributed by atoms with Gasteiger partial charge in [0.15, 0.2) is 0 Å². The number of aliphatic hydroxyl groups is 1. The van der Waals surface area contributed by atoms with Crippen molar-refractivity contribution in [3.63, 3.8) is 0 Å². The zero-order valence-electron chi connectivity index (χ0n) is 11.2. The second kappa shape index (κ2) is 7.06. The first-order valence-corrected chi connectivity index (χ1v) is 6.83. The summed E-state index contributed by atoms with van der Waals surface area (Å²) in [5.74, 6) is -2.63. The minimum Gasteiger partial charge on any atom is -0.396 e. The van der Waals surface area contributed by atoms with Crippen LogP contribution in [0.3, 0.4) is 0 Å². The van der Waals surface area contributed by atoms with Crippen LogP contribution in [0.4, 0.5) is 13.2 Å². The second-order valence-corrected chi connectivity index (χ2v) is 4.95. The lowest BCUT2D eigenvalue weighted by Gasteiger charge is -2.35. The Morgan fingerprint density at radius 2 is 1.75 bits per heavy atom. The summed E-state index contributed by atoms with van der Waals surface area (Å²) in [5.41, 5.74) is -0.0956. The maximum Gasteiger partial charge on any atom is 0.133 e. The first kappa shape index (κ1) is 15.3. The highest BCUT2D eigenvalue weighted by molar-refractivity contribution is 5.24. The largest absolute Gasteiger partial charge is 0.396 e. The molecular formula is C14H19F3N2O. The Hall–Kier alpha value is -1.11. The van der Waals surface area contributed by atoms with Crippen molar-refractivity contribution < 1.29 is 18.3 Å². The van der Waals surface area contributed by atoms with Gasteiger partial charge in [-0.25, -0.2) is 13.2 Å². The van der Waals surface area contributed by atoms with Crippen LogP contribution in [0.2, 0.25) is 0 Å². The Morgan fingerprint density at radius 1 is 1.15 bits per heavy atom. The number of hydrogen-bond donors (Lipinski definition) is 2. The molecule has 2 N–H and O–H groups in total. The number of piperazine rings is 1. The molecule has 2 rings (SSSR count). The van der Waals surface area contributed by atoms with Gasteiger partial charge in [-0.2, -0.15) is 0 Å². The molecule has 1 fully saturated rings. The van der Waals surface area contributed by atoms with E-state index < -0.39 is 23.5 Å². The fraction of sp³-hybridized carbons (Fsp3) is 0.571. The van der Waals surface area contributed by atoms with Crippen LogP contribution in [0.15, 0.2) is 12.1 Å². The molecular weight excluding hydrogens is 269 g/mol. The molecule has 6 heteroatoms. The minimum atomic E-state index is -0.912. The number of hydrogen-bond acceptors (Lipinski definition) is 3. The third-order valence-electron chi connectivity index (χ3n) is 3.61. The van der Waals surface area contributed by atoms with Crippen LogP contribution in [-0.4, -0.2) is 42.8 Å². The molecule has 0 aromatic heterocycles. The van der Waals surface area contributed by atoms with Gasteiger partial charge in [-0.1, -0.05) is 0 Å². The Balaban J connectivity index is 2.29. The van der Waals surface area contributed by atoms with E-state index in [0.29, 0.717) is 38.1 Å². The molecule has 1 aliphatic heterocycles. The normalized spacial score (nSPS) is 18.2. The van der Waals surface area contributed by atoms with Crippen molar-refractivity contribution in [2.45, 2.75) is 18.9 Å². The van der Waals surface area contributed by atoms with Crippen LogP contribution in [0.1, 0.15) is 24.4 Å². The molecule has 0 radical (unpaired) electrons. The smallest absolute Gasteiger partial charge is 0.133 e. The summed E-state index contributed by atoms with van der Waals surface area (Å²) in [6, 6.07) is 0.962. The van der Waals surface area contributed by atoms with Crippen molar-refractivity contribution in [1.29, 1.82) is 0 Å². The highest BCUT2D eigenvalue weighted by Crippen LogP contribution is 2.30. The number of aliphatic hydroxyl groups excluding tert-OH is 1. The van der Waals surface area contributed by atoms with Gasteiger partial charge in [0.1, 0.15) is 17.5 Å². The molecule has 0 saturated carbocycles. The lowest BCUT2D eigenvalue weighted by molar-refractivity contribution is 0.148.